The standard InChI is InChI=1S/C23H22N4O/c1-14-5-8-18(9-6-14)22-13-20(19-11-15(2)7-10-21(19)28-22)26-27-23-24-16(3)12-17(4)25-23/h5-13H,1-4H3,(H,24,25,27). The Labute approximate surface area is 163 Å². The van der Waals surface area contributed by atoms with Gasteiger partial charge in [0.15, 0.2) is 0 Å². The van der Waals surface area contributed by atoms with Crippen molar-refractivity contribution in [2.75, 3.05) is 5.43 Å². The van der Waals surface area contributed by atoms with Crippen LogP contribution >= 0.6 is 0 Å². The van der Waals surface area contributed by atoms with E-state index >= 15 is 0 Å². The lowest BCUT2D eigenvalue weighted by molar-refractivity contribution is 0.618. The minimum atomic E-state index is 0.482. The number of aromatic nitrogens is 2. The van der Waals surface area contributed by atoms with E-state index in [0.29, 0.717) is 5.95 Å². The van der Waals surface area contributed by atoms with Crippen LogP contribution in [0.2, 0.25) is 0 Å². The minimum absolute atomic E-state index is 0.482. The molecule has 0 atom stereocenters. The van der Waals surface area contributed by atoms with E-state index < -0.39 is 0 Å². The second kappa shape index (κ2) is 7.27. The molecule has 1 N–H and O–H groups in total. The Balaban J connectivity index is 1.86. The van der Waals surface area contributed by atoms with Gasteiger partial charge in [-0.25, -0.2) is 15.4 Å². The van der Waals surface area contributed by atoms with Gasteiger partial charge in [-0.05, 0) is 45.9 Å². The largest absolute Gasteiger partial charge is 0.456 e. The van der Waals surface area contributed by atoms with Gasteiger partial charge in [-0.1, -0.05) is 41.5 Å². The lowest BCUT2D eigenvalue weighted by atomic mass is 10.1. The molecule has 2 aromatic heterocycles. The molecule has 0 radical (unpaired) electrons. The molecule has 4 aromatic rings. The van der Waals surface area contributed by atoms with Gasteiger partial charge in [-0.2, -0.15) is 5.10 Å². The molecule has 0 saturated carbocycles. The molecule has 0 amide bonds. The minimum Gasteiger partial charge on any atom is -0.456 e. The van der Waals surface area contributed by atoms with Crippen molar-refractivity contribution >= 4 is 16.9 Å². The van der Waals surface area contributed by atoms with Crippen LogP contribution in [0.4, 0.5) is 5.95 Å². The summed E-state index contributed by atoms with van der Waals surface area (Å²) >= 11 is 0. The van der Waals surface area contributed by atoms with Crippen LogP contribution in [0.5, 0.6) is 0 Å². The van der Waals surface area contributed by atoms with Gasteiger partial charge in [0, 0.05) is 28.4 Å². The van der Waals surface area contributed by atoms with E-state index in [1.54, 1.807) is 0 Å². The highest BCUT2D eigenvalue weighted by molar-refractivity contribution is 5.79. The summed E-state index contributed by atoms with van der Waals surface area (Å²) in [4.78, 5) is 8.80. The highest BCUT2D eigenvalue weighted by Gasteiger charge is 2.07. The van der Waals surface area contributed by atoms with Crippen molar-refractivity contribution < 1.29 is 4.42 Å². The number of nitrogens with one attached hydrogen (secondary N) is 1. The molecule has 0 aliphatic rings. The molecule has 0 aliphatic heterocycles. The van der Waals surface area contributed by atoms with Crippen LogP contribution in [0.15, 0.2) is 64.1 Å². The fourth-order valence-corrected chi connectivity index (χ4v) is 3.12. The summed E-state index contributed by atoms with van der Waals surface area (Å²) in [5.41, 5.74) is 8.94. The zero-order chi connectivity index (χ0) is 19.7. The summed E-state index contributed by atoms with van der Waals surface area (Å²) in [6, 6.07) is 18.2. The summed E-state index contributed by atoms with van der Waals surface area (Å²) < 4.78 is 6.15. The third kappa shape index (κ3) is 3.78. The molecule has 28 heavy (non-hydrogen) atoms. The number of benzene rings is 2. The average molecular weight is 370 g/mol. The molecule has 5 nitrogen and oxygen atoms in total. The molecule has 2 heterocycles. The molecule has 0 spiro atoms. The molecule has 0 fully saturated rings. The maximum absolute atomic E-state index is 6.15. The van der Waals surface area contributed by atoms with Crippen molar-refractivity contribution in [1.82, 2.24) is 9.97 Å². The number of aryl methyl sites for hydroxylation is 4. The first kappa shape index (κ1) is 17.9. The number of nitrogens with zero attached hydrogens (tertiary/aromatic N) is 3. The number of hydrogen-bond donors (Lipinski definition) is 1. The molecular weight excluding hydrogens is 348 g/mol. The van der Waals surface area contributed by atoms with Crippen LogP contribution in [0.25, 0.3) is 22.3 Å². The van der Waals surface area contributed by atoms with E-state index in [2.05, 4.69) is 64.7 Å². The molecule has 5 heteroatoms. The second-order valence-electron chi connectivity index (χ2n) is 7.06. The number of fused-ring (bicyclic) bond motifs is 1. The van der Waals surface area contributed by atoms with Crippen LogP contribution in [0.3, 0.4) is 0 Å². The Morgan fingerprint density at radius 2 is 1.46 bits per heavy atom. The number of rotatable bonds is 3. The Hall–Kier alpha value is -3.47. The quantitative estimate of drug-likeness (QED) is 0.513. The van der Waals surface area contributed by atoms with E-state index in [-0.39, 0.29) is 0 Å². The van der Waals surface area contributed by atoms with Gasteiger partial charge in [-0.15, -0.1) is 0 Å². The predicted molar refractivity (Wildman–Crippen MR) is 112 cm³/mol. The van der Waals surface area contributed by atoms with Gasteiger partial charge < -0.3 is 4.42 Å². The van der Waals surface area contributed by atoms with Crippen molar-refractivity contribution in [3.8, 4) is 11.3 Å². The molecule has 2 aromatic carbocycles. The van der Waals surface area contributed by atoms with Gasteiger partial charge in [-0.3, -0.25) is 0 Å². The summed E-state index contributed by atoms with van der Waals surface area (Å²) in [7, 11) is 0. The second-order valence-corrected chi connectivity index (χ2v) is 7.06. The molecule has 140 valence electrons. The SMILES string of the molecule is Cc1ccc(-c2cc(=NNc3nc(C)cc(C)n3)c3cc(C)ccc3o2)cc1. The van der Waals surface area contributed by atoms with Crippen molar-refractivity contribution in [3.05, 3.63) is 82.5 Å². The van der Waals surface area contributed by atoms with E-state index in [1.165, 1.54) is 5.56 Å². The Morgan fingerprint density at radius 3 is 2.18 bits per heavy atom. The molecular formula is C23H22N4O. The van der Waals surface area contributed by atoms with Gasteiger partial charge >= 0.3 is 0 Å². The first-order valence-corrected chi connectivity index (χ1v) is 9.21. The fraction of sp³-hybridized carbons (Fsp3) is 0.174. The molecule has 0 bridgehead atoms. The maximum Gasteiger partial charge on any atom is 0.243 e. The lowest BCUT2D eigenvalue weighted by Gasteiger charge is -2.07. The van der Waals surface area contributed by atoms with E-state index in [4.69, 9.17) is 4.42 Å². The normalized spacial score (nSPS) is 11.8. The smallest absolute Gasteiger partial charge is 0.243 e. The van der Waals surface area contributed by atoms with Crippen molar-refractivity contribution in [1.29, 1.82) is 0 Å². The van der Waals surface area contributed by atoms with E-state index in [9.17, 15) is 0 Å². The van der Waals surface area contributed by atoms with Gasteiger partial charge in [0.2, 0.25) is 5.95 Å². The van der Waals surface area contributed by atoms with Crippen molar-refractivity contribution in [3.63, 3.8) is 0 Å². The van der Waals surface area contributed by atoms with E-state index in [1.807, 2.05) is 38.1 Å². The summed E-state index contributed by atoms with van der Waals surface area (Å²) in [5.74, 6) is 1.24. The van der Waals surface area contributed by atoms with Crippen LogP contribution < -0.4 is 10.8 Å². The first-order chi connectivity index (χ1) is 13.5. The Bertz CT molecular complexity index is 1200. The molecule has 0 aliphatic carbocycles. The van der Waals surface area contributed by atoms with Crippen molar-refractivity contribution in [2.24, 2.45) is 5.10 Å². The molecule has 0 unspecified atom stereocenters. The van der Waals surface area contributed by atoms with Crippen LogP contribution in [0.1, 0.15) is 22.5 Å². The van der Waals surface area contributed by atoms with Crippen molar-refractivity contribution in [2.45, 2.75) is 27.7 Å². The van der Waals surface area contributed by atoms with Crippen LogP contribution in [-0.2, 0) is 0 Å². The highest BCUT2D eigenvalue weighted by Crippen LogP contribution is 2.23. The topological polar surface area (TPSA) is 63.3 Å². The predicted octanol–water partition coefficient (Wildman–Crippen LogP) is 5.05. The molecule has 4 rings (SSSR count). The highest BCUT2D eigenvalue weighted by atomic mass is 16.3. The maximum atomic E-state index is 6.15. The number of anilines is 1. The van der Waals surface area contributed by atoms with Crippen LogP contribution in [0, 0.1) is 27.7 Å². The van der Waals surface area contributed by atoms with Gasteiger partial charge in [0.05, 0.1) is 5.36 Å². The average Bonchev–Trinajstić information content (AvgIpc) is 2.66. The van der Waals surface area contributed by atoms with Gasteiger partial charge in [0.1, 0.15) is 11.3 Å². The summed E-state index contributed by atoms with van der Waals surface area (Å²) in [6.45, 7) is 8.00. The zero-order valence-electron chi connectivity index (χ0n) is 16.4. The number of hydrogen-bond acceptors (Lipinski definition) is 5. The summed E-state index contributed by atoms with van der Waals surface area (Å²) in [6.07, 6.45) is 0. The fourth-order valence-electron chi connectivity index (χ4n) is 3.12. The third-order valence-corrected chi connectivity index (χ3v) is 4.49. The monoisotopic (exact) mass is 370 g/mol. The molecule has 0 saturated heterocycles. The lowest BCUT2D eigenvalue weighted by Crippen LogP contribution is -2.09. The Morgan fingerprint density at radius 1 is 0.786 bits per heavy atom. The van der Waals surface area contributed by atoms with E-state index in [0.717, 1.165) is 44.6 Å². The first-order valence-electron chi connectivity index (χ1n) is 9.21. The van der Waals surface area contributed by atoms with Crippen LogP contribution in [-0.4, -0.2) is 9.97 Å². The van der Waals surface area contributed by atoms with Gasteiger partial charge in [0.25, 0.3) is 0 Å². The Kier molecular flexibility index (Phi) is 4.65. The third-order valence-electron chi connectivity index (χ3n) is 4.49. The summed E-state index contributed by atoms with van der Waals surface area (Å²) in [5, 5.41) is 6.32. The zero-order valence-corrected chi connectivity index (χ0v) is 16.4.